The van der Waals surface area contributed by atoms with E-state index >= 15 is 0 Å². The molecule has 2 heteroatoms. The average Bonchev–Trinajstić information content (AvgIpc) is 3.13. The molecular formula is C44H28N2. The number of nitrogens with zero attached hydrogens (tertiary/aromatic N) is 2. The Morgan fingerprint density at radius 3 is 1.37 bits per heavy atom. The van der Waals surface area contributed by atoms with Gasteiger partial charge in [0, 0.05) is 23.5 Å². The van der Waals surface area contributed by atoms with Crippen molar-refractivity contribution in [2.75, 3.05) is 0 Å². The summed E-state index contributed by atoms with van der Waals surface area (Å²) in [4.78, 5) is 9.68. The van der Waals surface area contributed by atoms with Crippen molar-refractivity contribution in [2.24, 2.45) is 0 Å². The van der Waals surface area contributed by atoms with Crippen LogP contribution in [-0.2, 0) is 0 Å². The van der Waals surface area contributed by atoms with Crippen LogP contribution in [0, 0.1) is 0 Å². The quantitative estimate of drug-likeness (QED) is 0.192. The Morgan fingerprint density at radius 2 is 0.761 bits per heavy atom. The first-order chi connectivity index (χ1) is 22.8. The lowest BCUT2D eigenvalue weighted by atomic mass is 9.84. The predicted molar refractivity (Wildman–Crippen MR) is 194 cm³/mol. The van der Waals surface area contributed by atoms with Crippen LogP contribution < -0.4 is 0 Å². The highest BCUT2D eigenvalue weighted by molar-refractivity contribution is 6.22. The van der Waals surface area contributed by atoms with Crippen molar-refractivity contribution in [1.29, 1.82) is 0 Å². The number of hydrogen-bond acceptors (Lipinski definition) is 2. The Morgan fingerprint density at radius 1 is 0.283 bits per heavy atom. The highest BCUT2D eigenvalue weighted by Crippen LogP contribution is 2.45. The Kier molecular flexibility index (Phi) is 6.17. The summed E-state index contributed by atoms with van der Waals surface area (Å²) in [7, 11) is 0. The monoisotopic (exact) mass is 584 g/mol. The van der Waals surface area contributed by atoms with Crippen molar-refractivity contribution in [1.82, 2.24) is 9.97 Å². The molecule has 0 unspecified atom stereocenters. The Bertz CT molecular complexity index is 2570. The van der Waals surface area contributed by atoms with Gasteiger partial charge in [-0.1, -0.05) is 140 Å². The van der Waals surface area contributed by atoms with Crippen LogP contribution in [0.2, 0.25) is 0 Å². The molecule has 0 aliphatic rings. The maximum Gasteiger partial charge on any atom is 0.159 e. The minimum atomic E-state index is 0.714. The zero-order valence-corrected chi connectivity index (χ0v) is 25.1. The van der Waals surface area contributed by atoms with E-state index in [1.54, 1.807) is 0 Å². The molecule has 8 aromatic carbocycles. The molecule has 9 rings (SSSR count). The molecule has 2 nitrogen and oxygen atoms in total. The first kappa shape index (κ1) is 26.3. The molecule has 0 atom stereocenters. The molecule has 0 saturated carbocycles. The SMILES string of the molecule is c1ccc(-c2cnc(-c3ccc4c(-c5ccc6ccccc6c5)c5ccccc5c(-c5ccc6ccccc6c5)c4c3)nc2)cc1. The van der Waals surface area contributed by atoms with Crippen LogP contribution in [0.5, 0.6) is 0 Å². The molecule has 214 valence electrons. The van der Waals surface area contributed by atoms with Gasteiger partial charge in [0.05, 0.1) is 0 Å². The minimum Gasteiger partial charge on any atom is -0.236 e. The lowest BCUT2D eigenvalue weighted by Crippen LogP contribution is -1.94. The summed E-state index contributed by atoms with van der Waals surface area (Å²) in [6.07, 6.45) is 3.85. The van der Waals surface area contributed by atoms with Crippen LogP contribution in [0.25, 0.3) is 87.9 Å². The smallest absolute Gasteiger partial charge is 0.159 e. The molecule has 0 bridgehead atoms. The highest BCUT2D eigenvalue weighted by atomic mass is 14.9. The number of fused-ring (bicyclic) bond motifs is 4. The van der Waals surface area contributed by atoms with E-state index in [-0.39, 0.29) is 0 Å². The molecule has 0 aliphatic carbocycles. The predicted octanol–water partition coefficient (Wildman–Crippen LogP) is 11.8. The van der Waals surface area contributed by atoms with E-state index in [9.17, 15) is 0 Å². The summed E-state index contributed by atoms with van der Waals surface area (Å²) in [5.74, 6) is 0.714. The molecule has 0 saturated heterocycles. The first-order valence-corrected chi connectivity index (χ1v) is 15.6. The van der Waals surface area contributed by atoms with Gasteiger partial charge in [-0.2, -0.15) is 0 Å². The van der Waals surface area contributed by atoms with E-state index in [1.165, 1.54) is 65.3 Å². The van der Waals surface area contributed by atoms with E-state index in [2.05, 4.69) is 140 Å². The van der Waals surface area contributed by atoms with Crippen molar-refractivity contribution in [2.45, 2.75) is 0 Å². The normalized spacial score (nSPS) is 11.5. The van der Waals surface area contributed by atoms with Crippen LogP contribution in [-0.4, -0.2) is 9.97 Å². The number of rotatable bonds is 4. The van der Waals surface area contributed by atoms with Gasteiger partial charge < -0.3 is 0 Å². The van der Waals surface area contributed by atoms with Gasteiger partial charge in [0.2, 0.25) is 0 Å². The van der Waals surface area contributed by atoms with E-state index in [4.69, 9.17) is 9.97 Å². The fraction of sp³-hybridized carbons (Fsp3) is 0. The molecule has 0 amide bonds. The summed E-state index contributed by atoms with van der Waals surface area (Å²) in [5.41, 5.74) is 7.98. The summed E-state index contributed by atoms with van der Waals surface area (Å²) in [6.45, 7) is 0. The van der Waals surface area contributed by atoms with E-state index in [1.807, 2.05) is 30.6 Å². The third kappa shape index (κ3) is 4.43. The zero-order chi connectivity index (χ0) is 30.5. The van der Waals surface area contributed by atoms with Crippen molar-refractivity contribution < 1.29 is 0 Å². The Labute approximate surface area is 267 Å². The topological polar surface area (TPSA) is 25.8 Å². The summed E-state index contributed by atoms with van der Waals surface area (Å²) < 4.78 is 0. The van der Waals surface area contributed by atoms with Crippen LogP contribution >= 0.6 is 0 Å². The molecule has 0 aliphatic heterocycles. The van der Waals surface area contributed by atoms with Gasteiger partial charge in [0.25, 0.3) is 0 Å². The largest absolute Gasteiger partial charge is 0.236 e. The van der Waals surface area contributed by atoms with Crippen LogP contribution in [0.3, 0.4) is 0 Å². The summed E-state index contributed by atoms with van der Waals surface area (Å²) in [6, 6.07) is 56.6. The van der Waals surface area contributed by atoms with Gasteiger partial charge in [-0.25, -0.2) is 9.97 Å². The Hall–Kier alpha value is -6.12. The third-order valence-corrected chi connectivity index (χ3v) is 9.12. The fourth-order valence-corrected chi connectivity index (χ4v) is 6.89. The second-order valence-electron chi connectivity index (χ2n) is 11.8. The van der Waals surface area contributed by atoms with Crippen LogP contribution in [0.1, 0.15) is 0 Å². The molecule has 9 aromatic rings. The number of aromatic nitrogens is 2. The highest BCUT2D eigenvalue weighted by Gasteiger charge is 2.18. The van der Waals surface area contributed by atoms with Crippen LogP contribution in [0.4, 0.5) is 0 Å². The minimum absolute atomic E-state index is 0.714. The van der Waals surface area contributed by atoms with Crippen LogP contribution in [0.15, 0.2) is 170 Å². The van der Waals surface area contributed by atoms with Gasteiger partial charge in [-0.3, -0.25) is 0 Å². The van der Waals surface area contributed by atoms with Gasteiger partial charge in [0.1, 0.15) is 0 Å². The molecule has 1 aromatic heterocycles. The lowest BCUT2D eigenvalue weighted by Gasteiger charge is -2.19. The van der Waals surface area contributed by atoms with Crippen molar-refractivity contribution in [3.05, 3.63) is 170 Å². The zero-order valence-electron chi connectivity index (χ0n) is 25.1. The summed E-state index contributed by atoms with van der Waals surface area (Å²) in [5, 5.41) is 9.81. The van der Waals surface area contributed by atoms with E-state index in [0.29, 0.717) is 5.82 Å². The van der Waals surface area contributed by atoms with Gasteiger partial charge in [0.15, 0.2) is 5.82 Å². The van der Waals surface area contributed by atoms with Gasteiger partial charge in [-0.15, -0.1) is 0 Å². The molecule has 0 spiro atoms. The molecule has 0 fully saturated rings. The van der Waals surface area contributed by atoms with Crippen molar-refractivity contribution >= 4 is 43.1 Å². The summed E-state index contributed by atoms with van der Waals surface area (Å²) >= 11 is 0. The Balaban J connectivity index is 1.33. The average molecular weight is 585 g/mol. The molecular weight excluding hydrogens is 556 g/mol. The standard InChI is InChI=1S/C44H28N2/c1-2-10-29(11-3-1)37-27-45-44(46-28-37)36-22-23-40-41(26-36)43(35-21-19-31-13-5-7-15-33(31)25-35)39-17-9-8-16-38(39)42(40)34-20-18-30-12-4-6-14-32(30)24-34/h1-28H. The van der Waals surface area contributed by atoms with Gasteiger partial charge >= 0.3 is 0 Å². The third-order valence-electron chi connectivity index (χ3n) is 9.12. The number of benzene rings is 8. The molecule has 0 radical (unpaired) electrons. The lowest BCUT2D eigenvalue weighted by molar-refractivity contribution is 1.18. The number of hydrogen-bond donors (Lipinski definition) is 0. The fourth-order valence-electron chi connectivity index (χ4n) is 6.89. The van der Waals surface area contributed by atoms with Crippen molar-refractivity contribution in [3.63, 3.8) is 0 Å². The van der Waals surface area contributed by atoms with E-state index in [0.717, 1.165) is 16.7 Å². The maximum absolute atomic E-state index is 4.84. The van der Waals surface area contributed by atoms with Crippen molar-refractivity contribution in [3.8, 4) is 44.8 Å². The molecule has 46 heavy (non-hydrogen) atoms. The maximum atomic E-state index is 4.84. The first-order valence-electron chi connectivity index (χ1n) is 15.6. The molecule has 1 heterocycles. The second kappa shape index (κ2) is 10.8. The van der Waals surface area contributed by atoms with E-state index < -0.39 is 0 Å². The second-order valence-corrected chi connectivity index (χ2v) is 11.8. The van der Waals surface area contributed by atoms with Gasteiger partial charge in [-0.05, 0) is 89.1 Å². The molecule has 0 N–H and O–H groups in total.